The van der Waals surface area contributed by atoms with Gasteiger partial charge in [0, 0.05) is 29.7 Å². The number of hydrogen-bond donors (Lipinski definition) is 1. The van der Waals surface area contributed by atoms with Gasteiger partial charge < -0.3 is 18.7 Å². The van der Waals surface area contributed by atoms with Gasteiger partial charge in [-0.25, -0.2) is 4.98 Å². The molecule has 0 aliphatic rings. The number of nitrogens with one attached hydrogen (secondary N) is 1. The highest BCUT2D eigenvalue weighted by atomic mass is 32.2. The predicted octanol–water partition coefficient (Wildman–Crippen LogP) is 4.86. The molecular formula is C23H21N5O3S. The molecule has 32 heavy (non-hydrogen) atoms. The third-order valence-electron chi connectivity index (χ3n) is 5.26. The van der Waals surface area contributed by atoms with Gasteiger partial charge in [0.2, 0.25) is 11.5 Å². The molecule has 3 aromatic heterocycles. The Kier molecular flexibility index (Phi) is 5.40. The molecule has 0 bridgehead atoms. The van der Waals surface area contributed by atoms with Gasteiger partial charge in [0.1, 0.15) is 16.9 Å². The highest BCUT2D eigenvalue weighted by Crippen LogP contribution is 2.28. The number of nitrogens with zero attached hydrogens (tertiary/aromatic N) is 4. The Morgan fingerprint density at radius 3 is 2.56 bits per heavy atom. The largest absolute Gasteiger partial charge is 0.449 e. The molecule has 0 unspecified atom stereocenters. The van der Waals surface area contributed by atoms with Gasteiger partial charge in [-0.3, -0.25) is 4.79 Å². The number of aromatic amines is 1. The topological polar surface area (TPSA) is 101 Å². The normalized spacial score (nSPS) is 11.4. The fraction of sp³-hybridized carbons (Fsp3) is 0.217. The number of aromatic nitrogens is 4. The van der Waals surface area contributed by atoms with E-state index < -0.39 is 0 Å². The molecule has 0 aliphatic heterocycles. The van der Waals surface area contributed by atoms with Crippen molar-refractivity contribution in [1.82, 2.24) is 20.2 Å². The molecule has 0 amide bonds. The molecule has 8 nitrogen and oxygen atoms in total. The third kappa shape index (κ3) is 3.75. The fourth-order valence-electron chi connectivity index (χ4n) is 3.63. The number of H-pyrrole nitrogens is 1. The van der Waals surface area contributed by atoms with Crippen LogP contribution in [0.3, 0.4) is 0 Å². The summed E-state index contributed by atoms with van der Waals surface area (Å²) in [5.74, 6) is 1.35. The molecule has 0 atom stereocenters. The van der Waals surface area contributed by atoms with Crippen molar-refractivity contribution in [3.05, 3.63) is 64.7 Å². The average molecular weight is 448 g/mol. The maximum absolute atomic E-state index is 12.4. The SMILES string of the molecule is CCN(CC)c1ccc(-c2nnc(SCc3nc4c(oc5ccccc54)c(=O)[nH]3)o2)cc1. The second-order valence-electron chi connectivity index (χ2n) is 7.17. The summed E-state index contributed by atoms with van der Waals surface area (Å²) < 4.78 is 11.4. The molecule has 2 aromatic carbocycles. The zero-order valence-corrected chi connectivity index (χ0v) is 18.5. The summed E-state index contributed by atoms with van der Waals surface area (Å²) in [5, 5.41) is 9.50. The molecule has 3 heterocycles. The van der Waals surface area contributed by atoms with E-state index in [1.807, 2.05) is 36.4 Å². The Balaban J connectivity index is 1.33. The van der Waals surface area contributed by atoms with Gasteiger partial charge in [-0.15, -0.1) is 10.2 Å². The van der Waals surface area contributed by atoms with Crippen LogP contribution in [-0.4, -0.2) is 33.3 Å². The van der Waals surface area contributed by atoms with Crippen LogP contribution in [0.25, 0.3) is 33.5 Å². The van der Waals surface area contributed by atoms with E-state index in [2.05, 4.69) is 51.0 Å². The first kappa shape index (κ1) is 20.3. The maximum Gasteiger partial charge on any atom is 0.294 e. The number of hydrogen-bond acceptors (Lipinski definition) is 8. The third-order valence-corrected chi connectivity index (χ3v) is 6.09. The smallest absolute Gasteiger partial charge is 0.294 e. The van der Waals surface area contributed by atoms with Crippen LogP contribution >= 0.6 is 11.8 Å². The molecule has 0 radical (unpaired) electrons. The summed E-state index contributed by atoms with van der Waals surface area (Å²) in [4.78, 5) is 22.1. The van der Waals surface area contributed by atoms with Crippen molar-refractivity contribution in [3.8, 4) is 11.5 Å². The van der Waals surface area contributed by atoms with Crippen molar-refractivity contribution in [3.63, 3.8) is 0 Å². The Bertz CT molecular complexity index is 1430. The van der Waals surface area contributed by atoms with Crippen molar-refractivity contribution in [2.45, 2.75) is 24.8 Å². The summed E-state index contributed by atoms with van der Waals surface area (Å²) >= 11 is 1.32. The Hall–Kier alpha value is -3.59. The lowest BCUT2D eigenvalue weighted by Crippen LogP contribution is -2.21. The minimum atomic E-state index is -0.304. The summed E-state index contributed by atoms with van der Waals surface area (Å²) in [7, 11) is 0. The minimum Gasteiger partial charge on any atom is -0.449 e. The number of thioether (sulfide) groups is 1. The second-order valence-corrected chi connectivity index (χ2v) is 8.10. The predicted molar refractivity (Wildman–Crippen MR) is 125 cm³/mol. The van der Waals surface area contributed by atoms with E-state index in [9.17, 15) is 4.79 Å². The van der Waals surface area contributed by atoms with Crippen molar-refractivity contribution in [1.29, 1.82) is 0 Å². The average Bonchev–Trinajstić information content (AvgIpc) is 3.44. The van der Waals surface area contributed by atoms with Crippen LogP contribution in [-0.2, 0) is 5.75 Å². The number of furan rings is 1. The van der Waals surface area contributed by atoms with Crippen LogP contribution in [0, 0.1) is 0 Å². The van der Waals surface area contributed by atoms with Crippen molar-refractivity contribution < 1.29 is 8.83 Å². The van der Waals surface area contributed by atoms with Gasteiger partial charge in [0.05, 0.1) is 5.75 Å². The lowest BCUT2D eigenvalue weighted by Gasteiger charge is -2.20. The molecule has 0 saturated heterocycles. The summed E-state index contributed by atoms with van der Waals surface area (Å²) in [5.41, 5.74) is 3.14. The highest BCUT2D eigenvalue weighted by Gasteiger charge is 2.15. The first-order valence-corrected chi connectivity index (χ1v) is 11.4. The van der Waals surface area contributed by atoms with E-state index in [-0.39, 0.29) is 11.1 Å². The van der Waals surface area contributed by atoms with Gasteiger partial charge >= 0.3 is 0 Å². The highest BCUT2D eigenvalue weighted by molar-refractivity contribution is 7.98. The maximum atomic E-state index is 12.4. The molecule has 5 rings (SSSR count). The number of rotatable bonds is 7. The first-order chi connectivity index (χ1) is 15.7. The van der Waals surface area contributed by atoms with E-state index in [1.165, 1.54) is 11.8 Å². The molecule has 1 N–H and O–H groups in total. The molecule has 162 valence electrons. The van der Waals surface area contributed by atoms with Gasteiger partial charge in [-0.1, -0.05) is 23.9 Å². The molecular weight excluding hydrogens is 426 g/mol. The lowest BCUT2D eigenvalue weighted by atomic mass is 10.2. The Morgan fingerprint density at radius 2 is 1.78 bits per heavy atom. The lowest BCUT2D eigenvalue weighted by molar-refractivity contribution is 0.465. The van der Waals surface area contributed by atoms with Gasteiger partial charge in [0.25, 0.3) is 10.8 Å². The summed E-state index contributed by atoms with van der Waals surface area (Å²) in [6.45, 7) is 6.17. The van der Waals surface area contributed by atoms with E-state index in [1.54, 1.807) is 0 Å². The van der Waals surface area contributed by atoms with Crippen molar-refractivity contribution in [2.75, 3.05) is 18.0 Å². The van der Waals surface area contributed by atoms with E-state index >= 15 is 0 Å². The number of anilines is 1. The van der Waals surface area contributed by atoms with Crippen LogP contribution in [0.15, 0.2) is 67.4 Å². The van der Waals surface area contributed by atoms with Crippen LogP contribution in [0.2, 0.25) is 0 Å². The zero-order chi connectivity index (χ0) is 22.1. The van der Waals surface area contributed by atoms with Gasteiger partial charge in [0.15, 0.2) is 0 Å². The van der Waals surface area contributed by atoms with Gasteiger partial charge in [-0.05, 0) is 50.2 Å². The minimum absolute atomic E-state index is 0.230. The molecule has 5 aromatic rings. The van der Waals surface area contributed by atoms with E-state index in [0.717, 1.165) is 29.7 Å². The number of para-hydroxylation sites is 1. The standard InChI is InChI=1S/C23H21N5O3S/c1-3-28(4-2)15-11-9-14(10-12-15)22-26-27-23(31-22)32-13-18-24-19-16-7-5-6-8-17(16)30-20(19)21(29)25-18/h5-12H,3-4,13H2,1-2H3,(H,24,25,29). The van der Waals surface area contributed by atoms with E-state index in [0.29, 0.717) is 33.8 Å². The fourth-order valence-corrected chi connectivity index (χ4v) is 4.27. The van der Waals surface area contributed by atoms with E-state index in [4.69, 9.17) is 8.83 Å². The number of benzene rings is 2. The molecule has 0 aliphatic carbocycles. The van der Waals surface area contributed by atoms with Crippen LogP contribution in [0.4, 0.5) is 5.69 Å². The van der Waals surface area contributed by atoms with Crippen LogP contribution < -0.4 is 10.5 Å². The van der Waals surface area contributed by atoms with Crippen molar-refractivity contribution >= 4 is 39.5 Å². The monoisotopic (exact) mass is 447 g/mol. The molecule has 0 spiro atoms. The van der Waals surface area contributed by atoms with Crippen LogP contribution in [0.1, 0.15) is 19.7 Å². The van der Waals surface area contributed by atoms with Crippen LogP contribution in [0.5, 0.6) is 0 Å². The summed E-state index contributed by atoms with van der Waals surface area (Å²) in [6, 6.07) is 15.5. The molecule has 0 saturated carbocycles. The molecule has 9 heteroatoms. The van der Waals surface area contributed by atoms with Crippen molar-refractivity contribution in [2.24, 2.45) is 0 Å². The quantitative estimate of drug-likeness (QED) is 0.353. The zero-order valence-electron chi connectivity index (χ0n) is 17.7. The van der Waals surface area contributed by atoms with Gasteiger partial charge in [-0.2, -0.15) is 0 Å². The Morgan fingerprint density at radius 1 is 1.00 bits per heavy atom. The second kappa shape index (κ2) is 8.51. The summed E-state index contributed by atoms with van der Waals surface area (Å²) in [6.07, 6.45) is 0. The first-order valence-electron chi connectivity index (χ1n) is 10.4. The Labute approximate surface area is 187 Å². The molecule has 0 fully saturated rings. The number of fused-ring (bicyclic) bond motifs is 3.